The van der Waals surface area contributed by atoms with Gasteiger partial charge in [-0.15, -0.1) is 0 Å². The molecule has 2 heterocycles. The van der Waals surface area contributed by atoms with Crippen molar-refractivity contribution in [1.29, 1.82) is 0 Å². The van der Waals surface area contributed by atoms with Gasteiger partial charge < -0.3 is 10.1 Å². The molecule has 1 amide bonds. The number of carbonyl (C=O) groups is 1. The Kier molecular flexibility index (Phi) is 6.30. The minimum atomic E-state index is 0.185. The van der Waals surface area contributed by atoms with Crippen LogP contribution in [0.3, 0.4) is 0 Å². The molecule has 2 saturated heterocycles. The molecule has 29 heavy (non-hydrogen) atoms. The summed E-state index contributed by atoms with van der Waals surface area (Å²) in [6.07, 6.45) is 8.25. The maximum Gasteiger partial charge on any atom is 0.220 e. The lowest BCUT2D eigenvalue weighted by Crippen LogP contribution is -2.47. The Bertz CT molecular complexity index is 849. The van der Waals surface area contributed by atoms with E-state index in [1.165, 1.54) is 5.56 Å². The standard InChI is InChI=1S/C25H30N2O2/c1-29-23-15-7-5-12-20(23)13-9-17-27-18-21(19-10-3-2-4-11-19)25-22(27)14-6-8-16-24(28)26-25/h2-5,7,9-13,15,21-22,25H,6,8,14,16-18H2,1H3,(H,26,28)/b13-9+/t21-,22+,25-/m0/s1. The topological polar surface area (TPSA) is 41.6 Å². The van der Waals surface area contributed by atoms with Crippen LogP contribution in [-0.4, -0.2) is 43.1 Å². The number of benzene rings is 2. The van der Waals surface area contributed by atoms with Gasteiger partial charge in [0.05, 0.1) is 13.2 Å². The number of carbonyl (C=O) groups excluding carboxylic acids is 1. The highest BCUT2D eigenvalue weighted by molar-refractivity contribution is 5.76. The van der Waals surface area contributed by atoms with E-state index >= 15 is 0 Å². The van der Waals surface area contributed by atoms with Gasteiger partial charge in [-0.25, -0.2) is 0 Å². The average Bonchev–Trinajstić information content (AvgIpc) is 3.07. The highest BCUT2D eigenvalue weighted by atomic mass is 16.5. The van der Waals surface area contributed by atoms with Crippen molar-refractivity contribution < 1.29 is 9.53 Å². The quantitative estimate of drug-likeness (QED) is 0.830. The molecule has 3 atom stereocenters. The molecule has 0 unspecified atom stereocenters. The van der Waals surface area contributed by atoms with E-state index in [2.05, 4.69) is 58.8 Å². The summed E-state index contributed by atoms with van der Waals surface area (Å²) in [5.74, 6) is 1.43. The SMILES string of the molecule is COc1ccccc1/C=C/CN1C[C@@H](c2ccccc2)[C@@H]2NC(=O)CCCC[C@H]21. The molecule has 2 aliphatic rings. The number of hydrogen-bond acceptors (Lipinski definition) is 3. The summed E-state index contributed by atoms with van der Waals surface area (Å²) in [5, 5.41) is 3.36. The molecule has 2 fully saturated rings. The molecule has 0 aromatic heterocycles. The highest BCUT2D eigenvalue weighted by Gasteiger charge is 2.42. The summed E-state index contributed by atoms with van der Waals surface area (Å²) in [6, 6.07) is 19.3. The van der Waals surface area contributed by atoms with Crippen LogP contribution in [0.1, 0.15) is 42.7 Å². The number of fused-ring (bicyclic) bond motifs is 1. The maximum absolute atomic E-state index is 12.4. The number of methoxy groups -OCH3 is 1. The van der Waals surface area contributed by atoms with Crippen molar-refractivity contribution in [3.05, 3.63) is 71.8 Å². The number of rotatable bonds is 5. The van der Waals surface area contributed by atoms with Crippen LogP contribution < -0.4 is 10.1 Å². The number of likely N-dealkylation sites (tertiary alicyclic amines) is 1. The van der Waals surface area contributed by atoms with Crippen LogP contribution in [0.5, 0.6) is 5.75 Å². The summed E-state index contributed by atoms with van der Waals surface area (Å²) in [4.78, 5) is 14.9. The van der Waals surface area contributed by atoms with Crippen molar-refractivity contribution in [2.45, 2.75) is 43.7 Å². The van der Waals surface area contributed by atoms with Crippen LogP contribution in [0.25, 0.3) is 6.08 Å². The number of para-hydroxylation sites is 1. The number of hydrogen-bond donors (Lipinski definition) is 1. The Morgan fingerprint density at radius 3 is 2.72 bits per heavy atom. The third kappa shape index (κ3) is 4.54. The molecule has 0 bridgehead atoms. The lowest BCUT2D eigenvalue weighted by atomic mass is 9.88. The average molecular weight is 391 g/mol. The smallest absolute Gasteiger partial charge is 0.220 e. The van der Waals surface area contributed by atoms with E-state index in [0.29, 0.717) is 18.4 Å². The summed E-state index contributed by atoms with van der Waals surface area (Å²) >= 11 is 0. The Balaban J connectivity index is 1.54. The van der Waals surface area contributed by atoms with Crippen molar-refractivity contribution in [1.82, 2.24) is 10.2 Å². The lowest BCUT2D eigenvalue weighted by molar-refractivity contribution is -0.122. The highest BCUT2D eigenvalue weighted by Crippen LogP contribution is 2.35. The van der Waals surface area contributed by atoms with Gasteiger partial charge in [-0.1, -0.05) is 67.1 Å². The predicted octanol–water partition coefficient (Wildman–Crippen LogP) is 4.24. The molecule has 4 nitrogen and oxygen atoms in total. The fraction of sp³-hybridized carbons (Fsp3) is 0.400. The first kappa shape index (κ1) is 19.7. The van der Waals surface area contributed by atoms with Crippen molar-refractivity contribution in [3.63, 3.8) is 0 Å². The van der Waals surface area contributed by atoms with Gasteiger partial charge in [0.2, 0.25) is 5.91 Å². The fourth-order valence-electron chi connectivity index (χ4n) is 4.79. The third-order valence-corrected chi connectivity index (χ3v) is 6.23. The molecule has 0 aliphatic carbocycles. The zero-order valence-corrected chi connectivity index (χ0v) is 17.1. The van der Waals surface area contributed by atoms with Gasteiger partial charge >= 0.3 is 0 Å². The monoisotopic (exact) mass is 390 g/mol. The van der Waals surface area contributed by atoms with E-state index < -0.39 is 0 Å². The van der Waals surface area contributed by atoms with E-state index in [-0.39, 0.29) is 11.9 Å². The molecule has 2 aromatic rings. The summed E-state index contributed by atoms with van der Waals surface area (Å²) in [6.45, 7) is 1.84. The Morgan fingerprint density at radius 2 is 1.90 bits per heavy atom. The molecular formula is C25H30N2O2. The summed E-state index contributed by atoms with van der Waals surface area (Å²) < 4.78 is 5.46. The molecule has 0 spiro atoms. The summed E-state index contributed by atoms with van der Waals surface area (Å²) in [7, 11) is 1.71. The van der Waals surface area contributed by atoms with Gasteiger partial charge in [0, 0.05) is 37.0 Å². The zero-order chi connectivity index (χ0) is 20.1. The Hall–Kier alpha value is -2.59. The van der Waals surface area contributed by atoms with Crippen molar-refractivity contribution in [2.24, 2.45) is 0 Å². The third-order valence-electron chi connectivity index (χ3n) is 6.23. The summed E-state index contributed by atoms with van der Waals surface area (Å²) in [5.41, 5.74) is 2.41. The van der Waals surface area contributed by atoms with E-state index in [9.17, 15) is 4.79 Å². The molecule has 2 aromatic carbocycles. The van der Waals surface area contributed by atoms with E-state index in [4.69, 9.17) is 4.74 Å². The minimum Gasteiger partial charge on any atom is -0.496 e. The second-order valence-electron chi connectivity index (χ2n) is 8.02. The van der Waals surface area contributed by atoms with Crippen LogP contribution in [0.15, 0.2) is 60.7 Å². The largest absolute Gasteiger partial charge is 0.496 e. The van der Waals surface area contributed by atoms with Gasteiger partial charge in [-0.2, -0.15) is 0 Å². The maximum atomic E-state index is 12.4. The predicted molar refractivity (Wildman–Crippen MR) is 117 cm³/mol. The van der Waals surface area contributed by atoms with Crippen molar-refractivity contribution in [2.75, 3.05) is 20.2 Å². The van der Waals surface area contributed by atoms with E-state index in [0.717, 1.165) is 43.7 Å². The van der Waals surface area contributed by atoms with Gasteiger partial charge in [0.1, 0.15) is 5.75 Å². The van der Waals surface area contributed by atoms with Crippen molar-refractivity contribution in [3.8, 4) is 5.75 Å². The second kappa shape index (κ2) is 9.27. The van der Waals surface area contributed by atoms with Crippen molar-refractivity contribution >= 4 is 12.0 Å². The first-order chi connectivity index (χ1) is 14.3. The van der Waals surface area contributed by atoms with Crippen LogP contribution in [-0.2, 0) is 4.79 Å². The molecule has 1 N–H and O–H groups in total. The second-order valence-corrected chi connectivity index (χ2v) is 8.02. The van der Waals surface area contributed by atoms with Gasteiger partial charge in [-0.05, 0) is 24.5 Å². The number of nitrogens with zero attached hydrogens (tertiary/aromatic N) is 1. The Labute approximate surface area is 173 Å². The number of ether oxygens (including phenoxy) is 1. The minimum absolute atomic E-state index is 0.185. The number of nitrogens with one attached hydrogen (secondary N) is 1. The Morgan fingerprint density at radius 1 is 1.10 bits per heavy atom. The number of amides is 1. The zero-order valence-electron chi connectivity index (χ0n) is 17.1. The van der Waals surface area contributed by atoms with Crippen LogP contribution in [0.4, 0.5) is 0 Å². The molecule has 0 saturated carbocycles. The van der Waals surface area contributed by atoms with Gasteiger partial charge in [0.15, 0.2) is 0 Å². The van der Waals surface area contributed by atoms with E-state index in [1.54, 1.807) is 7.11 Å². The van der Waals surface area contributed by atoms with Gasteiger partial charge in [-0.3, -0.25) is 9.69 Å². The fourth-order valence-corrected chi connectivity index (χ4v) is 4.79. The molecular weight excluding hydrogens is 360 g/mol. The molecule has 2 aliphatic heterocycles. The van der Waals surface area contributed by atoms with Gasteiger partial charge in [0.25, 0.3) is 0 Å². The lowest BCUT2D eigenvalue weighted by Gasteiger charge is -2.30. The normalized spacial score (nSPS) is 25.3. The molecule has 4 heteroatoms. The molecule has 0 radical (unpaired) electrons. The van der Waals surface area contributed by atoms with Crippen LogP contribution in [0.2, 0.25) is 0 Å². The first-order valence-corrected chi connectivity index (χ1v) is 10.6. The van der Waals surface area contributed by atoms with Crippen LogP contribution in [0, 0.1) is 0 Å². The van der Waals surface area contributed by atoms with E-state index in [1.807, 2.05) is 18.2 Å². The molecule has 152 valence electrons. The molecule has 4 rings (SSSR count). The van der Waals surface area contributed by atoms with Crippen LogP contribution >= 0.6 is 0 Å². The first-order valence-electron chi connectivity index (χ1n) is 10.6.